The van der Waals surface area contributed by atoms with E-state index in [1.165, 1.54) is 6.07 Å². The molecule has 0 aromatic carbocycles. The normalized spacial score (nSPS) is 10.6. The Bertz CT molecular complexity index is 380. The van der Waals surface area contributed by atoms with Crippen molar-refractivity contribution < 1.29 is 18.3 Å². The van der Waals surface area contributed by atoms with Gasteiger partial charge in [0, 0.05) is 0 Å². The van der Waals surface area contributed by atoms with Crippen LogP contribution in [-0.2, 0) is 16.0 Å². The van der Waals surface area contributed by atoms with Crippen molar-refractivity contribution in [3.05, 3.63) is 29.1 Å². The summed E-state index contributed by atoms with van der Waals surface area (Å²) < 4.78 is 29.6. The molecule has 0 aliphatic heterocycles. The first-order valence-electron chi connectivity index (χ1n) is 4.94. The number of ether oxygens (including phenoxy) is 1. The fourth-order valence-corrected chi connectivity index (χ4v) is 1.33. The van der Waals surface area contributed by atoms with Crippen molar-refractivity contribution in [3.63, 3.8) is 0 Å². The number of rotatable bonds is 4. The lowest BCUT2D eigenvalue weighted by molar-refractivity contribution is -0.142. The van der Waals surface area contributed by atoms with E-state index >= 15 is 0 Å². The number of pyridine rings is 1. The maximum Gasteiger partial charge on any atom is 0.311 e. The molecule has 0 aliphatic rings. The van der Waals surface area contributed by atoms with Crippen molar-refractivity contribution >= 4 is 5.97 Å². The van der Waals surface area contributed by atoms with Gasteiger partial charge in [-0.25, -0.2) is 8.78 Å². The molecule has 3 nitrogen and oxygen atoms in total. The monoisotopic (exact) mass is 229 g/mol. The molecule has 0 aliphatic carbocycles. The Morgan fingerprint density at radius 2 is 2.19 bits per heavy atom. The van der Waals surface area contributed by atoms with Gasteiger partial charge < -0.3 is 4.74 Å². The Balaban J connectivity index is 2.84. The van der Waals surface area contributed by atoms with Gasteiger partial charge in [-0.1, -0.05) is 0 Å². The maximum atomic E-state index is 12.4. The molecule has 16 heavy (non-hydrogen) atoms. The second-order valence-corrected chi connectivity index (χ2v) is 3.34. The summed E-state index contributed by atoms with van der Waals surface area (Å²) in [5.41, 5.74) is 0.664. The van der Waals surface area contributed by atoms with Gasteiger partial charge in [0.1, 0.15) is 5.69 Å². The highest BCUT2D eigenvalue weighted by Gasteiger charge is 2.12. The molecular formula is C11H13F2NO2. The molecule has 0 atom stereocenters. The molecule has 0 unspecified atom stereocenters. The average Bonchev–Trinajstić information content (AvgIpc) is 2.16. The Morgan fingerprint density at radius 3 is 2.75 bits per heavy atom. The van der Waals surface area contributed by atoms with Crippen LogP contribution < -0.4 is 0 Å². The number of nitrogens with zero attached hydrogens (tertiary/aromatic N) is 1. The van der Waals surface area contributed by atoms with Crippen LogP contribution in [0.4, 0.5) is 8.78 Å². The molecule has 1 rings (SSSR count). The van der Waals surface area contributed by atoms with E-state index in [2.05, 4.69) is 4.98 Å². The van der Waals surface area contributed by atoms with Crippen LogP contribution in [-0.4, -0.2) is 17.6 Å². The Labute approximate surface area is 92.4 Å². The molecule has 0 amide bonds. The van der Waals surface area contributed by atoms with Crippen molar-refractivity contribution in [2.24, 2.45) is 0 Å². The molecule has 0 N–H and O–H groups in total. The highest BCUT2D eigenvalue weighted by Crippen LogP contribution is 2.18. The van der Waals surface area contributed by atoms with Gasteiger partial charge in [0.05, 0.1) is 18.7 Å². The van der Waals surface area contributed by atoms with Crippen molar-refractivity contribution in [2.75, 3.05) is 6.61 Å². The van der Waals surface area contributed by atoms with Crippen molar-refractivity contribution in [1.29, 1.82) is 0 Å². The zero-order valence-corrected chi connectivity index (χ0v) is 9.17. The first-order valence-corrected chi connectivity index (χ1v) is 4.94. The van der Waals surface area contributed by atoms with E-state index in [4.69, 9.17) is 4.74 Å². The number of aromatic nitrogens is 1. The second kappa shape index (κ2) is 5.53. The highest BCUT2D eigenvalue weighted by atomic mass is 19.3. The van der Waals surface area contributed by atoms with Gasteiger partial charge in [0.2, 0.25) is 0 Å². The summed E-state index contributed by atoms with van der Waals surface area (Å²) in [5.74, 6) is -0.458. The summed E-state index contributed by atoms with van der Waals surface area (Å²) in [4.78, 5) is 14.9. The van der Waals surface area contributed by atoms with Gasteiger partial charge in [-0.15, -0.1) is 0 Å². The third-order valence-electron chi connectivity index (χ3n) is 1.90. The number of alkyl halides is 2. The Morgan fingerprint density at radius 1 is 1.50 bits per heavy atom. The zero-order valence-electron chi connectivity index (χ0n) is 9.17. The van der Waals surface area contributed by atoms with Crippen LogP contribution in [0, 0.1) is 6.92 Å². The van der Waals surface area contributed by atoms with E-state index < -0.39 is 12.4 Å². The number of halogens is 2. The highest BCUT2D eigenvalue weighted by molar-refractivity contribution is 5.72. The molecular weight excluding hydrogens is 216 g/mol. The van der Waals surface area contributed by atoms with Crippen molar-refractivity contribution in [2.45, 2.75) is 26.7 Å². The lowest BCUT2D eigenvalue weighted by Gasteiger charge is -2.05. The van der Waals surface area contributed by atoms with Crippen LogP contribution >= 0.6 is 0 Å². The quantitative estimate of drug-likeness (QED) is 0.744. The number of carbonyl (C=O) groups excluding carboxylic acids is 1. The molecule has 5 heteroatoms. The van der Waals surface area contributed by atoms with E-state index in [1.54, 1.807) is 19.9 Å². The van der Waals surface area contributed by atoms with E-state index in [0.29, 0.717) is 11.3 Å². The first-order chi connectivity index (χ1) is 7.52. The van der Waals surface area contributed by atoms with E-state index in [1.807, 2.05) is 0 Å². The number of esters is 1. The van der Waals surface area contributed by atoms with Gasteiger partial charge >= 0.3 is 5.97 Å². The van der Waals surface area contributed by atoms with Gasteiger partial charge in [0.25, 0.3) is 6.43 Å². The van der Waals surface area contributed by atoms with E-state index in [9.17, 15) is 13.6 Å². The third kappa shape index (κ3) is 3.56. The largest absolute Gasteiger partial charge is 0.466 e. The van der Waals surface area contributed by atoms with Gasteiger partial charge in [0.15, 0.2) is 0 Å². The molecule has 88 valence electrons. The van der Waals surface area contributed by atoms with Gasteiger partial charge in [-0.05, 0) is 31.5 Å². The predicted molar refractivity (Wildman–Crippen MR) is 54.3 cm³/mol. The van der Waals surface area contributed by atoms with Crippen LogP contribution in [0.5, 0.6) is 0 Å². The fourth-order valence-electron chi connectivity index (χ4n) is 1.33. The predicted octanol–water partition coefficient (Wildman–Crippen LogP) is 2.43. The standard InChI is InChI=1S/C11H13F2NO2/c1-3-16-10(15)6-8-4-7(2)5-9(14-8)11(12)13/h4-5,11H,3,6H2,1-2H3. The van der Waals surface area contributed by atoms with Gasteiger partial charge in [-0.2, -0.15) is 0 Å². The summed E-state index contributed by atoms with van der Waals surface area (Å²) in [6.07, 6.45) is -2.70. The van der Waals surface area contributed by atoms with Crippen LogP contribution in [0.1, 0.15) is 30.3 Å². The minimum atomic E-state index is -2.62. The fraction of sp³-hybridized carbons (Fsp3) is 0.455. The first kappa shape index (κ1) is 12.5. The summed E-state index contributed by atoms with van der Waals surface area (Å²) in [7, 11) is 0. The number of aryl methyl sites for hydroxylation is 1. The minimum absolute atomic E-state index is 0.0742. The smallest absolute Gasteiger partial charge is 0.311 e. The van der Waals surface area contributed by atoms with Crippen molar-refractivity contribution in [3.8, 4) is 0 Å². The topological polar surface area (TPSA) is 39.2 Å². The maximum absolute atomic E-state index is 12.4. The van der Waals surface area contributed by atoms with E-state index in [0.717, 1.165) is 0 Å². The Kier molecular flexibility index (Phi) is 4.34. The third-order valence-corrected chi connectivity index (χ3v) is 1.90. The lowest BCUT2D eigenvalue weighted by Crippen LogP contribution is -2.10. The molecule has 0 bridgehead atoms. The van der Waals surface area contributed by atoms with Crippen LogP contribution in [0.3, 0.4) is 0 Å². The number of hydrogen-bond donors (Lipinski definition) is 0. The average molecular weight is 229 g/mol. The van der Waals surface area contributed by atoms with Crippen molar-refractivity contribution in [1.82, 2.24) is 4.98 Å². The lowest BCUT2D eigenvalue weighted by atomic mass is 10.2. The zero-order chi connectivity index (χ0) is 12.1. The summed E-state index contributed by atoms with van der Waals surface area (Å²) in [6, 6.07) is 2.90. The number of carbonyl (C=O) groups is 1. The molecule has 0 radical (unpaired) electrons. The molecule has 1 heterocycles. The second-order valence-electron chi connectivity index (χ2n) is 3.34. The molecule has 0 fully saturated rings. The number of hydrogen-bond acceptors (Lipinski definition) is 3. The minimum Gasteiger partial charge on any atom is -0.466 e. The molecule has 1 aromatic heterocycles. The van der Waals surface area contributed by atoms with Crippen LogP contribution in [0.25, 0.3) is 0 Å². The molecule has 0 saturated carbocycles. The summed E-state index contributed by atoms with van der Waals surface area (Å²) in [6.45, 7) is 3.64. The van der Waals surface area contributed by atoms with Crippen LogP contribution in [0.2, 0.25) is 0 Å². The van der Waals surface area contributed by atoms with E-state index in [-0.39, 0.29) is 18.7 Å². The Hall–Kier alpha value is -1.52. The molecule has 0 spiro atoms. The summed E-state index contributed by atoms with van der Waals surface area (Å²) >= 11 is 0. The van der Waals surface area contributed by atoms with Crippen LogP contribution in [0.15, 0.2) is 12.1 Å². The summed E-state index contributed by atoms with van der Waals surface area (Å²) in [5, 5.41) is 0. The molecule has 0 saturated heterocycles. The molecule has 1 aromatic rings. The van der Waals surface area contributed by atoms with Gasteiger partial charge in [-0.3, -0.25) is 9.78 Å². The SMILES string of the molecule is CCOC(=O)Cc1cc(C)cc(C(F)F)n1.